The first kappa shape index (κ1) is 19.4. The van der Waals surface area contributed by atoms with Crippen molar-refractivity contribution in [3.63, 3.8) is 0 Å². The molecule has 0 bridgehead atoms. The fourth-order valence-electron chi connectivity index (χ4n) is 2.07. The highest BCUT2D eigenvalue weighted by atomic mass is 19.1. The lowest BCUT2D eigenvalue weighted by Gasteiger charge is -2.09. The minimum atomic E-state index is -0.329. The fourth-order valence-corrected chi connectivity index (χ4v) is 2.07. The van der Waals surface area contributed by atoms with Gasteiger partial charge in [0.1, 0.15) is 11.6 Å². The van der Waals surface area contributed by atoms with Gasteiger partial charge in [0, 0.05) is 18.2 Å². The van der Waals surface area contributed by atoms with Crippen LogP contribution in [0.15, 0.2) is 48.5 Å². The molecule has 0 aliphatic heterocycles. The molecule has 0 aliphatic carbocycles. The Morgan fingerprint density at radius 1 is 1.04 bits per heavy atom. The largest absolute Gasteiger partial charge is 0.493 e. The first-order chi connectivity index (χ1) is 12.4. The first-order valence-corrected chi connectivity index (χ1v) is 8.49. The molecule has 0 aliphatic rings. The standard InChI is InChI=1S/C20H23FN2O3/c1-14(2)20(25)23-17-7-3-15(4-8-17)13-22-19(24)11-12-26-18-9-5-16(21)6-10-18/h3-10,14H,11-13H2,1-2H3,(H,22,24)(H,23,25). The van der Waals surface area contributed by atoms with E-state index in [9.17, 15) is 14.0 Å². The molecule has 0 unspecified atom stereocenters. The van der Waals surface area contributed by atoms with E-state index in [1.54, 1.807) is 12.1 Å². The molecule has 5 nitrogen and oxygen atoms in total. The van der Waals surface area contributed by atoms with Crippen LogP contribution in [0.4, 0.5) is 10.1 Å². The zero-order valence-corrected chi connectivity index (χ0v) is 14.9. The highest BCUT2D eigenvalue weighted by molar-refractivity contribution is 5.92. The highest BCUT2D eigenvalue weighted by Crippen LogP contribution is 2.12. The Hall–Kier alpha value is -2.89. The monoisotopic (exact) mass is 358 g/mol. The maximum atomic E-state index is 12.8. The summed E-state index contributed by atoms with van der Waals surface area (Å²) in [5, 5.41) is 5.62. The molecule has 0 aromatic heterocycles. The van der Waals surface area contributed by atoms with Crippen molar-refractivity contribution < 1.29 is 18.7 Å². The molecule has 0 saturated heterocycles. The number of benzene rings is 2. The van der Waals surface area contributed by atoms with Gasteiger partial charge in [-0.15, -0.1) is 0 Å². The highest BCUT2D eigenvalue weighted by Gasteiger charge is 2.07. The summed E-state index contributed by atoms with van der Waals surface area (Å²) in [6.45, 7) is 4.28. The number of halogens is 1. The van der Waals surface area contributed by atoms with Gasteiger partial charge in [-0.1, -0.05) is 26.0 Å². The minimum Gasteiger partial charge on any atom is -0.493 e. The molecule has 2 rings (SSSR count). The Morgan fingerprint density at radius 2 is 1.69 bits per heavy atom. The van der Waals surface area contributed by atoms with Gasteiger partial charge in [-0.3, -0.25) is 9.59 Å². The molecule has 138 valence electrons. The number of ether oxygens (including phenoxy) is 1. The van der Waals surface area contributed by atoms with E-state index in [-0.39, 0.29) is 36.6 Å². The van der Waals surface area contributed by atoms with Gasteiger partial charge in [0.2, 0.25) is 11.8 Å². The lowest BCUT2D eigenvalue weighted by Crippen LogP contribution is -2.24. The summed E-state index contributed by atoms with van der Waals surface area (Å²) in [7, 11) is 0. The van der Waals surface area contributed by atoms with Gasteiger partial charge in [-0.2, -0.15) is 0 Å². The van der Waals surface area contributed by atoms with Gasteiger partial charge < -0.3 is 15.4 Å². The van der Waals surface area contributed by atoms with E-state index in [1.807, 2.05) is 26.0 Å². The van der Waals surface area contributed by atoms with Gasteiger partial charge in [0.05, 0.1) is 13.0 Å². The molecule has 0 fully saturated rings. The molecule has 26 heavy (non-hydrogen) atoms. The maximum Gasteiger partial charge on any atom is 0.226 e. The number of anilines is 1. The average Bonchev–Trinajstić information content (AvgIpc) is 2.62. The van der Waals surface area contributed by atoms with Crippen LogP contribution in [-0.4, -0.2) is 18.4 Å². The van der Waals surface area contributed by atoms with Crippen molar-refractivity contribution in [2.24, 2.45) is 5.92 Å². The van der Waals surface area contributed by atoms with E-state index >= 15 is 0 Å². The Bertz CT molecular complexity index is 728. The van der Waals surface area contributed by atoms with E-state index < -0.39 is 0 Å². The van der Waals surface area contributed by atoms with Gasteiger partial charge in [-0.25, -0.2) is 4.39 Å². The Morgan fingerprint density at radius 3 is 2.31 bits per heavy atom. The molecule has 2 aromatic carbocycles. The van der Waals surface area contributed by atoms with Gasteiger partial charge in [0.15, 0.2) is 0 Å². The van der Waals surface area contributed by atoms with Crippen molar-refractivity contribution in [1.29, 1.82) is 0 Å². The number of carbonyl (C=O) groups excluding carboxylic acids is 2. The second-order valence-electron chi connectivity index (χ2n) is 6.17. The Balaban J connectivity index is 1.70. The van der Waals surface area contributed by atoms with Gasteiger partial charge in [0.25, 0.3) is 0 Å². The fraction of sp³-hybridized carbons (Fsp3) is 0.300. The molecule has 0 radical (unpaired) electrons. The maximum absolute atomic E-state index is 12.8. The SMILES string of the molecule is CC(C)C(=O)Nc1ccc(CNC(=O)CCOc2ccc(F)cc2)cc1. The zero-order valence-electron chi connectivity index (χ0n) is 14.9. The van der Waals surface area contributed by atoms with E-state index in [0.717, 1.165) is 11.3 Å². The number of hydrogen-bond donors (Lipinski definition) is 2. The van der Waals surface area contributed by atoms with Crippen molar-refractivity contribution in [3.8, 4) is 5.75 Å². The predicted molar refractivity (Wildman–Crippen MR) is 98.3 cm³/mol. The summed E-state index contributed by atoms with van der Waals surface area (Å²) in [5.74, 6) is -0.0503. The number of hydrogen-bond acceptors (Lipinski definition) is 3. The number of nitrogens with one attached hydrogen (secondary N) is 2. The summed E-state index contributed by atoms with van der Waals surface area (Å²) in [6, 6.07) is 13.0. The first-order valence-electron chi connectivity index (χ1n) is 8.49. The lowest BCUT2D eigenvalue weighted by atomic mass is 10.1. The lowest BCUT2D eigenvalue weighted by molar-refractivity contribution is -0.121. The van der Waals surface area contributed by atoms with Crippen LogP contribution >= 0.6 is 0 Å². The molecular weight excluding hydrogens is 335 g/mol. The van der Waals surface area contributed by atoms with Crippen molar-refractivity contribution in [3.05, 3.63) is 59.9 Å². The second-order valence-corrected chi connectivity index (χ2v) is 6.17. The van der Waals surface area contributed by atoms with E-state index in [2.05, 4.69) is 10.6 Å². The van der Waals surface area contributed by atoms with Crippen molar-refractivity contribution in [2.45, 2.75) is 26.8 Å². The third-order valence-electron chi connectivity index (χ3n) is 3.65. The van der Waals surface area contributed by atoms with Crippen LogP contribution in [0.2, 0.25) is 0 Å². The number of amides is 2. The Labute approximate surface area is 152 Å². The van der Waals surface area contributed by atoms with Gasteiger partial charge in [-0.05, 0) is 42.0 Å². The van der Waals surface area contributed by atoms with Crippen molar-refractivity contribution >= 4 is 17.5 Å². The summed E-state index contributed by atoms with van der Waals surface area (Å²) < 4.78 is 18.2. The number of carbonyl (C=O) groups is 2. The topological polar surface area (TPSA) is 67.4 Å². The molecule has 2 amide bonds. The minimum absolute atomic E-state index is 0.0350. The Kier molecular flexibility index (Phi) is 7.14. The van der Waals surface area contributed by atoms with Gasteiger partial charge >= 0.3 is 0 Å². The van der Waals surface area contributed by atoms with Crippen LogP contribution in [0, 0.1) is 11.7 Å². The van der Waals surface area contributed by atoms with E-state index in [1.165, 1.54) is 24.3 Å². The molecule has 0 saturated carbocycles. The van der Waals surface area contributed by atoms with Crippen LogP contribution in [0.25, 0.3) is 0 Å². The van der Waals surface area contributed by atoms with Crippen LogP contribution in [0.5, 0.6) is 5.75 Å². The van der Waals surface area contributed by atoms with Crippen LogP contribution in [-0.2, 0) is 16.1 Å². The molecular formula is C20H23FN2O3. The molecule has 0 heterocycles. The van der Waals surface area contributed by atoms with Crippen molar-refractivity contribution in [1.82, 2.24) is 5.32 Å². The third kappa shape index (κ3) is 6.55. The summed E-state index contributed by atoms with van der Waals surface area (Å²) in [5.41, 5.74) is 1.66. The van der Waals surface area contributed by atoms with E-state index in [4.69, 9.17) is 4.74 Å². The smallest absolute Gasteiger partial charge is 0.226 e. The molecule has 0 spiro atoms. The molecule has 2 N–H and O–H groups in total. The molecule has 0 atom stereocenters. The summed E-state index contributed by atoms with van der Waals surface area (Å²) in [6.07, 6.45) is 0.208. The zero-order chi connectivity index (χ0) is 18.9. The average molecular weight is 358 g/mol. The van der Waals surface area contributed by atoms with Crippen molar-refractivity contribution in [2.75, 3.05) is 11.9 Å². The van der Waals surface area contributed by atoms with Crippen LogP contribution in [0.3, 0.4) is 0 Å². The summed E-state index contributed by atoms with van der Waals surface area (Å²) >= 11 is 0. The summed E-state index contributed by atoms with van der Waals surface area (Å²) in [4.78, 5) is 23.5. The normalized spacial score (nSPS) is 10.5. The molecule has 2 aromatic rings. The number of rotatable bonds is 8. The second kappa shape index (κ2) is 9.56. The van der Waals surface area contributed by atoms with E-state index in [0.29, 0.717) is 12.3 Å². The quantitative estimate of drug-likeness (QED) is 0.759. The van der Waals surface area contributed by atoms with Crippen LogP contribution in [0.1, 0.15) is 25.8 Å². The van der Waals surface area contributed by atoms with Crippen LogP contribution < -0.4 is 15.4 Å². The third-order valence-corrected chi connectivity index (χ3v) is 3.65. The molecule has 6 heteroatoms. The predicted octanol–water partition coefficient (Wildman–Crippen LogP) is 3.51.